The molecule has 0 aromatic heterocycles. The van der Waals surface area contributed by atoms with Crippen LogP contribution in [-0.2, 0) is 6.54 Å². The smallest absolute Gasteiger partial charge is 0.123 e. The summed E-state index contributed by atoms with van der Waals surface area (Å²) in [5, 5.41) is 9.65. The van der Waals surface area contributed by atoms with Crippen molar-refractivity contribution in [1.29, 1.82) is 0 Å². The minimum absolute atomic E-state index is 0.234. The van der Waals surface area contributed by atoms with E-state index in [4.69, 9.17) is 16.7 Å². The first kappa shape index (κ1) is 9.90. The highest BCUT2D eigenvalue weighted by atomic mass is 35.5. The van der Waals surface area contributed by atoms with Gasteiger partial charge < -0.3 is 5.11 Å². The van der Waals surface area contributed by atoms with E-state index >= 15 is 0 Å². The SMILES string of the molecule is OC1CN(Cc2cc(F)ccc2Cl)C1. The molecule has 0 saturated carbocycles. The summed E-state index contributed by atoms with van der Waals surface area (Å²) >= 11 is 5.90. The standard InChI is InChI=1S/C10H11ClFNO/c11-10-2-1-8(12)3-7(10)4-13-5-9(14)6-13/h1-3,9,14H,4-6H2. The van der Waals surface area contributed by atoms with Gasteiger partial charge in [0.1, 0.15) is 5.82 Å². The number of likely N-dealkylation sites (tertiary alicyclic amines) is 1. The first-order valence-corrected chi connectivity index (χ1v) is 4.87. The molecule has 0 unspecified atom stereocenters. The van der Waals surface area contributed by atoms with Gasteiger partial charge in [0.05, 0.1) is 6.10 Å². The Bertz CT molecular complexity index is 339. The topological polar surface area (TPSA) is 23.5 Å². The fourth-order valence-corrected chi connectivity index (χ4v) is 1.75. The van der Waals surface area contributed by atoms with Crippen molar-refractivity contribution in [2.24, 2.45) is 0 Å². The molecule has 0 aliphatic carbocycles. The third-order valence-electron chi connectivity index (χ3n) is 2.34. The molecule has 1 heterocycles. The van der Waals surface area contributed by atoms with Gasteiger partial charge >= 0.3 is 0 Å². The van der Waals surface area contributed by atoms with Gasteiger partial charge in [-0.2, -0.15) is 0 Å². The summed E-state index contributed by atoms with van der Waals surface area (Å²) in [6.45, 7) is 1.90. The quantitative estimate of drug-likeness (QED) is 0.811. The van der Waals surface area contributed by atoms with Gasteiger partial charge in [-0.3, -0.25) is 4.90 Å². The van der Waals surface area contributed by atoms with Crippen molar-refractivity contribution < 1.29 is 9.50 Å². The van der Waals surface area contributed by atoms with Crippen molar-refractivity contribution in [3.05, 3.63) is 34.6 Å². The largest absolute Gasteiger partial charge is 0.390 e. The van der Waals surface area contributed by atoms with Crippen LogP contribution >= 0.6 is 11.6 Å². The van der Waals surface area contributed by atoms with Crippen LogP contribution in [0.25, 0.3) is 0 Å². The number of benzene rings is 1. The summed E-state index contributed by atoms with van der Waals surface area (Å²) in [4.78, 5) is 2.02. The number of hydrogen-bond acceptors (Lipinski definition) is 2. The Balaban J connectivity index is 2.05. The lowest BCUT2D eigenvalue weighted by Crippen LogP contribution is -2.49. The van der Waals surface area contributed by atoms with Gasteiger partial charge in [-0.25, -0.2) is 4.39 Å². The lowest BCUT2D eigenvalue weighted by Gasteiger charge is -2.35. The van der Waals surface area contributed by atoms with Gasteiger partial charge in [0.2, 0.25) is 0 Å². The predicted octanol–water partition coefficient (Wildman–Crippen LogP) is 1.66. The molecule has 2 rings (SSSR count). The molecule has 0 spiro atoms. The maximum atomic E-state index is 12.9. The Kier molecular flexibility index (Phi) is 2.72. The Labute approximate surface area is 86.9 Å². The van der Waals surface area contributed by atoms with Crippen molar-refractivity contribution >= 4 is 11.6 Å². The Morgan fingerprint density at radius 3 is 2.86 bits per heavy atom. The predicted molar refractivity (Wildman–Crippen MR) is 52.7 cm³/mol. The molecular formula is C10H11ClFNO. The summed E-state index contributed by atoms with van der Waals surface area (Å²) in [5.74, 6) is -0.273. The molecule has 1 fully saturated rings. The molecule has 1 aromatic rings. The van der Waals surface area contributed by atoms with Crippen LogP contribution in [0.4, 0.5) is 4.39 Å². The van der Waals surface area contributed by atoms with Gasteiger partial charge in [0.15, 0.2) is 0 Å². The number of aliphatic hydroxyl groups excluding tert-OH is 1. The van der Waals surface area contributed by atoms with Gasteiger partial charge in [-0.1, -0.05) is 11.6 Å². The average Bonchev–Trinajstić information content (AvgIpc) is 2.09. The van der Waals surface area contributed by atoms with E-state index in [1.165, 1.54) is 12.1 Å². The Morgan fingerprint density at radius 1 is 1.50 bits per heavy atom. The first-order valence-electron chi connectivity index (χ1n) is 4.49. The van der Waals surface area contributed by atoms with Crippen LogP contribution in [0.3, 0.4) is 0 Å². The molecule has 2 nitrogen and oxygen atoms in total. The molecule has 4 heteroatoms. The van der Waals surface area contributed by atoms with E-state index in [0.29, 0.717) is 24.7 Å². The highest BCUT2D eigenvalue weighted by Gasteiger charge is 2.24. The van der Waals surface area contributed by atoms with Crippen LogP contribution in [-0.4, -0.2) is 29.2 Å². The summed E-state index contributed by atoms with van der Waals surface area (Å²) in [5.41, 5.74) is 0.776. The maximum absolute atomic E-state index is 12.9. The highest BCUT2D eigenvalue weighted by Crippen LogP contribution is 2.21. The van der Waals surface area contributed by atoms with E-state index in [0.717, 1.165) is 5.56 Å². The third kappa shape index (κ3) is 2.05. The fourth-order valence-electron chi connectivity index (χ4n) is 1.58. The van der Waals surface area contributed by atoms with Crippen LogP contribution in [0.2, 0.25) is 5.02 Å². The van der Waals surface area contributed by atoms with Crippen LogP contribution in [0.1, 0.15) is 5.56 Å². The van der Waals surface area contributed by atoms with Gasteiger partial charge in [-0.05, 0) is 23.8 Å². The van der Waals surface area contributed by atoms with E-state index in [9.17, 15) is 4.39 Å². The van der Waals surface area contributed by atoms with Gasteiger partial charge in [0.25, 0.3) is 0 Å². The van der Waals surface area contributed by atoms with E-state index < -0.39 is 0 Å². The van der Waals surface area contributed by atoms with E-state index in [1.807, 2.05) is 4.90 Å². The van der Waals surface area contributed by atoms with E-state index in [1.54, 1.807) is 6.07 Å². The highest BCUT2D eigenvalue weighted by molar-refractivity contribution is 6.31. The van der Waals surface area contributed by atoms with Crippen molar-refractivity contribution in [2.75, 3.05) is 13.1 Å². The number of halogens is 2. The molecule has 1 aromatic carbocycles. The Hall–Kier alpha value is -0.640. The molecule has 1 aliphatic heterocycles. The third-order valence-corrected chi connectivity index (χ3v) is 2.71. The van der Waals surface area contributed by atoms with Crippen LogP contribution in [0.15, 0.2) is 18.2 Å². The number of aliphatic hydroxyl groups is 1. The average molecular weight is 216 g/mol. The van der Waals surface area contributed by atoms with Gasteiger partial charge in [-0.15, -0.1) is 0 Å². The maximum Gasteiger partial charge on any atom is 0.123 e. The molecule has 76 valence electrons. The van der Waals surface area contributed by atoms with Gasteiger partial charge in [0, 0.05) is 24.7 Å². The second-order valence-corrected chi connectivity index (χ2v) is 3.99. The summed E-state index contributed by atoms with van der Waals surface area (Å²) in [7, 11) is 0. The van der Waals surface area contributed by atoms with Crippen molar-refractivity contribution in [3.63, 3.8) is 0 Å². The zero-order valence-corrected chi connectivity index (χ0v) is 8.34. The lowest BCUT2D eigenvalue weighted by molar-refractivity contribution is -0.00288. The minimum atomic E-state index is -0.273. The van der Waals surface area contributed by atoms with Crippen molar-refractivity contribution in [3.8, 4) is 0 Å². The van der Waals surface area contributed by atoms with Crippen LogP contribution in [0, 0.1) is 5.82 Å². The molecule has 1 aliphatic rings. The van der Waals surface area contributed by atoms with Crippen molar-refractivity contribution in [2.45, 2.75) is 12.6 Å². The second-order valence-electron chi connectivity index (χ2n) is 3.58. The number of hydrogen-bond donors (Lipinski definition) is 1. The second kappa shape index (κ2) is 3.85. The molecule has 0 atom stereocenters. The monoisotopic (exact) mass is 215 g/mol. The summed E-state index contributed by atoms with van der Waals surface area (Å²) in [6, 6.07) is 4.34. The minimum Gasteiger partial charge on any atom is -0.390 e. The zero-order chi connectivity index (χ0) is 10.1. The molecule has 0 radical (unpaired) electrons. The number of nitrogens with zero attached hydrogens (tertiary/aromatic N) is 1. The zero-order valence-electron chi connectivity index (χ0n) is 7.58. The number of rotatable bonds is 2. The summed E-state index contributed by atoms with van der Waals surface area (Å²) in [6.07, 6.45) is -0.234. The molecule has 1 N–H and O–H groups in total. The van der Waals surface area contributed by atoms with Crippen molar-refractivity contribution in [1.82, 2.24) is 4.90 Å². The number of β-amino-alcohol motifs (C(OH)–C–C–N with tert-alkyl or cyclic N) is 1. The van der Waals surface area contributed by atoms with E-state index in [-0.39, 0.29) is 11.9 Å². The summed E-state index contributed by atoms with van der Waals surface area (Å²) < 4.78 is 12.9. The molecule has 0 bridgehead atoms. The first-order chi connectivity index (χ1) is 6.65. The molecular weight excluding hydrogens is 205 g/mol. The van der Waals surface area contributed by atoms with Crippen LogP contribution < -0.4 is 0 Å². The Morgan fingerprint density at radius 2 is 2.21 bits per heavy atom. The normalized spacial score (nSPS) is 18.2. The van der Waals surface area contributed by atoms with Crippen LogP contribution in [0.5, 0.6) is 0 Å². The van der Waals surface area contributed by atoms with E-state index in [2.05, 4.69) is 0 Å². The lowest BCUT2D eigenvalue weighted by atomic mass is 10.1. The molecule has 0 amide bonds. The molecule has 14 heavy (non-hydrogen) atoms. The fraction of sp³-hybridized carbons (Fsp3) is 0.400. The molecule has 1 saturated heterocycles.